The SMILES string of the molecule is CC(C)(C)S(=O)(=O)CC1CCN(C(=O)Cc2ccc3ocnc3c2)CC1. The molecule has 0 N–H and O–H groups in total. The Morgan fingerprint density at radius 1 is 1.27 bits per heavy atom. The van der Waals surface area contributed by atoms with Crippen LogP contribution in [0.2, 0.25) is 0 Å². The van der Waals surface area contributed by atoms with Gasteiger partial charge in [-0.1, -0.05) is 6.07 Å². The van der Waals surface area contributed by atoms with E-state index in [1.165, 1.54) is 6.39 Å². The summed E-state index contributed by atoms with van der Waals surface area (Å²) < 4.78 is 29.2. The number of carbonyl (C=O) groups is 1. The van der Waals surface area contributed by atoms with Crippen LogP contribution in [0.15, 0.2) is 29.0 Å². The van der Waals surface area contributed by atoms with Crippen LogP contribution in [0.1, 0.15) is 39.2 Å². The molecule has 7 heteroatoms. The Labute approximate surface area is 154 Å². The van der Waals surface area contributed by atoms with Crippen LogP contribution in [-0.4, -0.2) is 47.8 Å². The van der Waals surface area contributed by atoms with Crippen LogP contribution in [-0.2, 0) is 21.1 Å². The monoisotopic (exact) mass is 378 g/mol. The van der Waals surface area contributed by atoms with E-state index in [4.69, 9.17) is 4.42 Å². The predicted molar refractivity (Wildman–Crippen MR) is 101 cm³/mol. The predicted octanol–water partition coefficient (Wildman–Crippen LogP) is 2.82. The highest BCUT2D eigenvalue weighted by molar-refractivity contribution is 7.92. The average molecular weight is 378 g/mol. The Bertz CT molecular complexity index is 888. The van der Waals surface area contributed by atoms with E-state index in [0.717, 1.165) is 23.9 Å². The standard InChI is InChI=1S/C19H26N2O4S/c1-19(2,3)26(23,24)12-14-6-8-21(9-7-14)18(22)11-15-4-5-17-16(10-15)20-13-25-17/h4-5,10,13-14H,6-9,11-12H2,1-3H3. The molecule has 0 radical (unpaired) electrons. The molecular weight excluding hydrogens is 352 g/mol. The zero-order chi connectivity index (χ0) is 18.9. The summed E-state index contributed by atoms with van der Waals surface area (Å²) in [5, 5.41) is 0. The Hall–Kier alpha value is -1.89. The first-order chi connectivity index (χ1) is 12.2. The first-order valence-electron chi connectivity index (χ1n) is 8.98. The quantitative estimate of drug-likeness (QED) is 0.817. The Morgan fingerprint density at radius 2 is 1.96 bits per heavy atom. The molecule has 1 saturated heterocycles. The van der Waals surface area contributed by atoms with Crippen molar-refractivity contribution in [2.75, 3.05) is 18.8 Å². The second kappa shape index (κ2) is 7.02. The van der Waals surface area contributed by atoms with Crippen molar-refractivity contribution >= 4 is 26.8 Å². The van der Waals surface area contributed by atoms with Gasteiger partial charge in [-0.2, -0.15) is 0 Å². The second-order valence-corrected chi connectivity index (χ2v) is 10.8. The maximum Gasteiger partial charge on any atom is 0.226 e. The summed E-state index contributed by atoms with van der Waals surface area (Å²) in [6, 6.07) is 5.59. The van der Waals surface area contributed by atoms with Gasteiger partial charge in [-0.3, -0.25) is 4.79 Å². The topological polar surface area (TPSA) is 80.5 Å². The van der Waals surface area contributed by atoms with E-state index >= 15 is 0 Å². The van der Waals surface area contributed by atoms with E-state index < -0.39 is 14.6 Å². The summed E-state index contributed by atoms with van der Waals surface area (Å²) >= 11 is 0. The van der Waals surface area contributed by atoms with Gasteiger partial charge in [0.2, 0.25) is 5.91 Å². The number of benzene rings is 1. The lowest BCUT2D eigenvalue weighted by Gasteiger charge is -2.33. The van der Waals surface area contributed by atoms with Crippen molar-refractivity contribution in [3.8, 4) is 0 Å². The van der Waals surface area contributed by atoms with Gasteiger partial charge in [0.1, 0.15) is 5.52 Å². The van der Waals surface area contributed by atoms with Crippen molar-refractivity contribution in [3.05, 3.63) is 30.2 Å². The molecule has 0 saturated carbocycles. The van der Waals surface area contributed by atoms with E-state index in [1.54, 1.807) is 20.8 Å². The molecular formula is C19H26N2O4S. The Kier molecular flexibility index (Phi) is 5.10. The number of amides is 1. The van der Waals surface area contributed by atoms with Crippen LogP contribution in [0, 0.1) is 5.92 Å². The van der Waals surface area contributed by atoms with Crippen molar-refractivity contribution in [3.63, 3.8) is 0 Å². The summed E-state index contributed by atoms with van der Waals surface area (Å²) in [5.41, 5.74) is 2.37. The molecule has 1 aliphatic heterocycles. The first kappa shape index (κ1) is 18.9. The van der Waals surface area contributed by atoms with Gasteiger partial charge in [0.25, 0.3) is 0 Å². The van der Waals surface area contributed by atoms with Crippen LogP contribution in [0.25, 0.3) is 11.1 Å². The van der Waals surface area contributed by atoms with Gasteiger partial charge in [0, 0.05) is 13.1 Å². The number of likely N-dealkylation sites (tertiary alicyclic amines) is 1. The molecule has 1 amide bonds. The van der Waals surface area contributed by atoms with Crippen LogP contribution < -0.4 is 0 Å². The molecule has 0 atom stereocenters. The Morgan fingerprint density at radius 3 is 2.62 bits per heavy atom. The van der Waals surface area contributed by atoms with Crippen LogP contribution in [0.3, 0.4) is 0 Å². The van der Waals surface area contributed by atoms with E-state index in [0.29, 0.717) is 25.1 Å². The molecule has 1 aliphatic rings. The third kappa shape index (κ3) is 4.09. The zero-order valence-electron chi connectivity index (χ0n) is 15.6. The molecule has 0 spiro atoms. The van der Waals surface area contributed by atoms with Crippen molar-refractivity contribution in [2.24, 2.45) is 5.92 Å². The number of sulfone groups is 1. The smallest absolute Gasteiger partial charge is 0.226 e. The first-order valence-corrected chi connectivity index (χ1v) is 10.6. The van der Waals surface area contributed by atoms with Gasteiger partial charge in [-0.15, -0.1) is 0 Å². The number of rotatable bonds is 4. The molecule has 6 nitrogen and oxygen atoms in total. The highest BCUT2D eigenvalue weighted by atomic mass is 32.2. The number of oxazole rings is 1. The number of piperidine rings is 1. The van der Waals surface area contributed by atoms with E-state index in [-0.39, 0.29) is 17.6 Å². The normalized spacial score (nSPS) is 17.0. The highest BCUT2D eigenvalue weighted by Crippen LogP contribution is 2.25. The van der Waals surface area contributed by atoms with Gasteiger partial charge in [-0.05, 0) is 57.2 Å². The molecule has 0 bridgehead atoms. The average Bonchev–Trinajstić information content (AvgIpc) is 3.01. The second-order valence-electron chi connectivity index (χ2n) is 8.05. The summed E-state index contributed by atoms with van der Waals surface area (Å²) in [5.74, 6) is 0.418. The largest absolute Gasteiger partial charge is 0.443 e. The number of hydrogen-bond donors (Lipinski definition) is 0. The lowest BCUT2D eigenvalue weighted by atomic mass is 9.98. The van der Waals surface area contributed by atoms with Crippen LogP contribution >= 0.6 is 0 Å². The fourth-order valence-corrected chi connectivity index (χ4v) is 4.66. The van der Waals surface area contributed by atoms with Crippen molar-refractivity contribution in [1.82, 2.24) is 9.88 Å². The minimum absolute atomic E-state index is 0.0740. The summed E-state index contributed by atoms with van der Waals surface area (Å²) in [4.78, 5) is 18.5. The fraction of sp³-hybridized carbons (Fsp3) is 0.579. The molecule has 1 aromatic heterocycles. The molecule has 1 aromatic carbocycles. The van der Waals surface area contributed by atoms with Crippen molar-refractivity contribution in [2.45, 2.75) is 44.8 Å². The van der Waals surface area contributed by atoms with Gasteiger partial charge in [0.05, 0.1) is 16.9 Å². The van der Waals surface area contributed by atoms with Crippen molar-refractivity contribution < 1.29 is 17.6 Å². The van der Waals surface area contributed by atoms with Crippen LogP contribution in [0.4, 0.5) is 0 Å². The van der Waals surface area contributed by atoms with Gasteiger partial charge >= 0.3 is 0 Å². The summed E-state index contributed by atoms with van der Waals surface area (Å²) in [6.45, 7) is 6.47. The van der Waals surface area contributed by atoms with Crippen molar-refractivity contribution in [1.29, 1.82) is 0 Å². The van der Waals surface area contributed by atoms with E-state index in [9.17, 15) is 13.2 Å². The molecule has 0 unspecified atom stereocenters. The number of aromatic nitrogens is 1. The minimum atomic E-state index is -3.12. The van der Waals surface area contributed by atoms with Gasteiger partial charge in [-0.25, -0.2) is 13.4 Å². The third-order valence-electron chi connectivity index (χ3n) is 5.11. The molecule has 26 heavy (non-hydrogen) atoms. The van der Waals surface area contributed by atoms with Gasteiger partial charge in [0.15, 0.2) is 21.8 Å². The maximum atomic E-state index is 12.6. The Balaban J connectivity index is 1.55. The van der Waals surface area contributed by atoms with E-state index in [2.05, 4.69) is 4.98 Å². The maximum absolute atomic E-state index is 12.6. The molecule has 3 rings (SSSR count). The number of fused-ring (bicyclic) bond motifs is 1. The number of nitrogens with zero attached hydrogens (tertiary/aromatic N) is 2. The van der Waals surface area contributed by atoms with E-state index in [1.807, 2.05) is 23.1 Å². The lowest BCUT2D eigenvalue weighted by molar-refractivity contribution is -0.131. The fourth-order valence-electron chi connectivity index (χ4n) is 3.21. The molecule has 1 fully saturated rings. The third-order valence-corrected chi connectivity index (χ3v) is 7.88. The molecule has 2 heterocycles. The molecule has 0 aliphatic carbocycles. The van der Waals surface area contributed by atoms with Gasteiger partial charge < -0.3 is 9.32 Å². The highest BCUT2D eigenvalue weighted by Gasteiger charge is 2.33. The summed E-state index contributed by atoms with van der Waals surface area (Å²) in [7, 11) is -3.12. The lowest BCUT2D eigenvalue weighted by Crippen LogP contribution is -2.42. The molecule has 142 valence electrons. The number of hydrogen-bond acceptors (Lipinski definition) is 5. The number of carbonyl (C=O) groups excluding carboxylic acids is 1. The molecule has 2 aromatic rings. The van der Waals surface area contributed by atoms with Crippen LogP contribution in [0.5, 0.6) is 0 Å². The minimum Gasteiger partial charge on any atom is -0.443 e. The zero-order valence-corrected chi connectivity index (χ0v) is 16.4. The summed E-state index contributed by atoms with van der Waals surface area (Å²) in [6.07, 6.45) is 3.20.